The molecule has 1 fully saturated rings. The molecule has 1 aromatic carbocycles. The number of carbonyl (C=O) groups excluding carboxylic acids is 2. The summed E-state index contributed by atoms with van der Waals surface area (Å²) >= 11 is 6.32. The summed E-state index contributed by atoms with van der Waals surface area (Å²) in [5, 5.41) is 7.80. The first-order valence-corrected chi connectivity index (χ1v) is 17.6. The van der Waals surface area contributed by atoms with Gasteiger partial charge in [0, 0.05) is 50.7 Å². The molecule has 15 heteroatoms. The molecule has 1 saturated heterocycles. The lowest BCUT2D eigenvalue weighted by Gasteiger charge is -2.48. The van der Waals surface area contributed by atoms with Crippen LogP contribution in [0.25, 0.3) is 11.0 Å². The number of fused-ring (bicyclic) bond motifs is 1. The zero-order chi connectivity index (χ0) is 37.2. The Morgan fingerprint density at radius 2 is 1.69 bits per heavy atom. The highest BCUT2D eigenvalue weighted by Gasteiger charge is 2.48. The zero-order valence-corrected chi connectivity index (χ0v) is 30.4. The number of anilines is 1. The normalized spacial score (nSPS) is 13.9. The van der Waals surface area contributed by atoms with Crippen LogP contribution in [0, 0.1) is 17.8 Å². The molecule has 0 aliphatic carbocycles. The number of hydrogen-bond acceptors (Lipinski definition) is 12. The van der Waals surface area contributed by atoms with E-state index >= 15 is 0 Å². The lowest BCUT2D eigenvalue weighted by Crippen LogP contribution is -2.63. The van der Waals surface area contributed by atoms with E-state index in [1.54, 1.807) is 12.4 Å². The highest BCUT2D eigenvalue weighted by molar-refractivity contribution is 6.31. The number of pyridine rings is 1. The van der Waals surface area contributed by atoms with Crippen LogP contribution in [-0.4, -0.2) is 124 Å². The zero-order valence-electron chi connectivity index (χ0n) is 29.6. The first kappa shape index (κ1) is 40.4. The summed E-state index contributed by atoms with van der Waals surface area (Å²) in [6.07, 6.45) is 13.3. The molecule has 2 aromatic heterocycles. The largest absolute Gasteiger partial charge is 0.394 e. The number of amides is 1. The Hall–Kier alpha value is -4.36. The number of unbranched alkanes of at least 4 members (excludes halogenated alkanes) is 1. The Balaban J connectivity index is 1.24. The van der Waals surface area contributed by atoms with Crippen molar-refractivity contribution in [1.82, 2.24) is 19.4 Å². The number of imidazole rings is 1. The maximum absolute atomic E-state index is 12.7. The molecule has 4 rings (SSSR count). The molecule has 0 unspecified atom stereocenters. The molecule has 0 atom stereocenters. The lowest BCUT2D eigenvalue weighted by molar-refractivity contribution is -0.137. The highest BCUT2D eigenvalue weighted by atomic mass is 35.5. The highest BCUT2D eigenvalue weighted by Crippen LogP contribution is 2.38. The number of carbonyl (C=O) groups is 2. The van der Waals surface area contributed by atoms with Gasteiger partial charge in [0.05, 0.1) is 93.4 Å². The van der Waals surface area contributed by atoms with Crippen LogP contribution in [0.3, 0.4) is 0 Å². The van der Waals surface area contributed by atoms with Crippen molar-refractivity contribution >= 4 is 46.7 Å². The van der Waals surface area contributed by atoms with Crippen molar-refractivity contribution < 1.29 is 33.3 Å². The van der Waals surface area contributed by atoms with Crippen LogP contribution >= 0.6 is 11.6 Å². The number of nitrogens with two attached hydrogens (primary N) is 1. The molecule has 1 aliphatic rings. The molecule has 280 valence electrons. The van der Waals surface area contributed by atoms with Crippen molar-refractivity contribution in [2.24, 2.45) is 5.73 Å². The van der Waals surface area contributed by atoms with E-state index in [2.05, 4.69) is 15.5 Å². The fourth-order valence-corrected chi connectivity index (χ4v) is 6.01. The third kappa shape index (κ3) is 11.3. The SMILES string of the molecule is C#CCOCCOCCOCCOCCOCCCCn1c(CN(C)c2cnccc2C2(C=O)CN(C(=O)/C(N)=C/C=N)C2)nc2cc(Cl)ccc21. The number of allylic oxidation sites excluding steroid dienone is 1. The van der Waals surface area contributed by atoms with Crippen LogP contribution in [0.15, 0.2) is 48.4 Å². The van der Waals surface area contributed by atoms with Crippen LogP contribution in [-0.2, 0) is 51.8 Å². The van der Waals surface area contributed by atoms with Crippen molar-refractivity contribution in [3.05, 3.63) is 64.8 Å². The number of aryl methyl sites for hydroxylation is 1. The summed E-state index contributed by atoms with van der Waals surface area (Å²) in [5.74, 6) is 2.83. The number of likely N-dealkylation sites (tertiary alicyclic amines) is 1. The van der Waals surface area contributed by atoms with Crippen LogP contribution in [0.2, 0.25) is 5.02 Å². The number of nitrogens with one attached hydrogen (secondary N) is 1. The molecule has 0 spiro atoms. The van der Waals surface area contributed by atoms with Gasteiger partial charge in [0.15, 0.2) is 0 Å². The van der Waals surface area contributed by atoms with Crippen LogP contribution in [0.4, 0.5) is 5.69 Å². The van der Waals surface area contributed by atoms with Gasteiger partial charge in [-0.25, -0.2) is 4.98 Å². The van der Waals surface area contributed by atoms with Crippen LogP contribution in [0.5, 0.6) is 0 Å². The molecule has 52 heavy (non-hydrogen) atoms. The number of halogens is 1. The minimum absolute atomic E-state index is 0.0446. The number of aldehydes is 1. The quantitative estimate of drug-likeness (QED) is 0.0432. The number of aromatic nitrogens is 3. The Morgan fingerprint density at radius 1 is 1.04 bits per heavy atom. The fraction of sp³-hybridized carbons (Fsp3) is 0.486. The molecular weight excluding hydrogens is 690 g/mol. The van der Waals surface area contributed by atoms with Gasteiger partial charge in [0.2, 0.25) is 0 Å². The number of terminal acetylenes is 1. The second-order valence-corrected chi connectivity index (χ2v) is 12.6. The molecular formula is C37H48ClN7O7. The Bertz CT molecular complexity index is 1690. The van der Waals surface area contributed by atoms with Crippen molar-refractivity contribution in [2.75, 3.05) is 91.1 Å². The van der Waals surface area contributed by atoms with E-state index in [0.29, 0.717) is 77.6 Å². The summed E-state index contributed by atoms with van der Waals surface area (Å²) in [7, 11) is 1.93. The number of hydrogen-bond donors (Lipinski definition) is 2. The predicted molar refractivity (Wildman–Crippen MR) is 199 cm³/mol. The lowest BCUT2D eigenvalue weighted by atomic mass is 9.74. The predicted octanol–water partition coefficient (Wildman–Crippen LogP) is 2.99. The topological polar surface area (TPSA) is 167 Å². The van der Waals surface area contributed by atoms with Gasteiger partial charge in [-0.15, -0.1) is 6.42 Å². The Morgan fingerprint density at radius 3 is 2.33 bits per heavy atom. The second kappa shape index (κ2) is 21.2. The third-order valence-electron chi connectivity index (χ3n) is 8.48. The van der Waals surface area contributed by atoms with E-state index in [1.807, 2.05) is 36.2 Å². The number of ether oxygens (including phenoxy) is 5. The fourth-order valence-electron chi connectivity index (χ4n) is 5.85. The van der Waals surface area contributed by atoms with Gasteiger partial charge in [-0.2, -0.15) is 0 Å². The molecule has 0 bridgehead atoms. The average Bonchev–Trinajstić information content (AvgIpc) is 3.46. The molecule has 1 aliphatic heterocycles. The Labute approximate surface area is 309 Å². The number of nitrogens with zero attached hydrogens (tertiary/aromatic N) is 5. The van der Waals surface area contributed by atoms with E-state index in [4.69, 9.17) is 57.8 Å². The summed E-state index contributed by atoms with van der Waals surface area (Å²) in [4.78, 5) is 38.0. The third-order valence-corrected chi connectivity index (χ3v) is 8.71. The average molecular weight is 738 g/mol. The van der Waals surface area contributed by atoms with Gasteiger partial charge in [-0.1, -0.05) is 17.5 Å². The van der Waals surface area contributed by atoms with Gasteiger partial charge < -0.3 is 54.0 Å². The molecule has 3 heterocycles. The van der Waals surface area contributed by atoms with E-state index < -0.39 is 11.3 Å². The van der Waals surface area contributed by atoms with E-state index in [9.17, 15) is 9.59 Å². The van der Waals surface area contributed by atoms with Crippen molar-refractivity contribution in [3.63, 3.8) is 0 Å². The van der Waals surface area contributed by atoms with Crippen LogP contribution in [0.1, 0.15) is 24.2 Å². The van der Waals surface area contributed by atoms with Gasteiger partial charge in [0.25, 0.3) is 5.91 Å². The van der Waals surface area contributed by atoms with E-state index in [-0.39, 0.29) is 18.8 Å². The van der Waals surface area contributed by atoms with Crippen molar-refractivity contribution in [1.29, 1.82) is 5.41 Å². The number of benzene rings is 1. The van der Waals surface area contributed by atoms with Crippen molar-refractivity contribution in [3.8, 4) is 12.3 Å². The smallest absolute Gasteiger partial charge is 0.269 e. The molecule has 0 saturated carbocycles. The summed E-state index contributed by atoms with van der Waals surface area (Å²) in [6.45, 7) is 6.28. The van der Waals surface area contributed by atoms with Gasteiger partial charge in [-0.05, 0) is 48.7 Å². The minimum Gasteiger partial charge on any atom is -0.394 e. The summed E-state index contributed by atoms with van der Waals surface area (Å²) < 4.78 is 29.6. The van der Waals surface area contributed by atoms with Crippen LogP contribution < -0.4 is 10.6 Å². The summed E-state index contributed by atoms with van der Waals surface area (Å²) in [6, 6.07) is 7.51. The first-order valence-electron chi connectivity index (χ1n) is 17.2. The standard InChI is InChI=1S/C37H48ClN7O7/c1-3-13-48-15-17-50-19-21-52-22-20-51-18-16-49-14-5-4-12-45-33-7-6-29(38)23-32(33)42-35(45)25-43(2)34-24-41-11-9-30(34)37(28-46)26-44(27-37)36(47)31(40)8-10-39/h1,6-11,23-24,28,39H,4-5,12-22,25-27,40H2,2H3/b31-8-,39-10?. The molecule has 14 nitrogen and oxygen atoms in total. The Kier molecular flexibility index (Phi) is 16.5. The van der Waals surface area contributed by atoms with Gasteiger partial charge in [-0.3, -0.25) is 9.78 Å². The van der Waals surface area contributed by atoms with Gasteiger partial charge in [0.1, 0.15) is 18.7 Å². The van der Waals surface area contributed by atoms with Gasteiger partial charge >= 0.3 is 0 Å². The molecule has 3 N–H and O–H groups in total. The first-order chi connectivity index (χ1) is 25.3. The van der Waals surface area contributed by atoms with E-state index in [1.165, 1.54) is 11.0 Å². The maximum Gasteiger partial charge on any atom is 0.269 e. The minimum atomic E-state index is -0.908. The maximum atomic E-state index is 12.7. The summed E-state index contributed by atoms with van der Waals surface area (Å²) in [5.41, 5.74) is 8.15. The van der Waals surface area contributed by atoms with E-state index in [0.717, 1.165) is 60.0 Å². The van der Waals surface area contributed by atoms with Crippen molar-refractivity contribution in [2.45, 2.75) is 31.3 Å². The molecule has 0 radical (unpaired) electrons. The monoisotopic (exact) mass is 737 g/mol. The number of rotatable bonds is 25. The molecule has 1 amide bonds. The molecule has 3 aromatic rings. The second-order valence-electron chi connectivity index (χ2n) is 12.2.